The van der Waals surface area contributed by atoms with Crippen LogP contribution in [0.4, 0.5) is 14.5 Å². The van der Waals surface area contributed by atoms with Gasteiger partial charge in [0.25, 0.3) is 11.7 Å². The number of fused-ring (bicyclic) bond motifs is 1. The van der Waals surface area contributed by atoms with E-state index in [0.29, 0.717) is 40.9 Å². The Hall–Kier alpha value is -1.81. The zero-order chi connectivity index (χ0) is 19.6. The van der Waals surface area contributed by atoms with Gasteiger partial charge in [-0.3, -0.25) is 9.59 Å². The largest absolute Gasteiger partial charge is 0.454 e. The molecule has 0 radical (unpaired) electrons. The van der Waals surface area contributed by atoms with Crippen molar-refractivity contribution in [1.82, 2.24) is 4.90 Å². The van der Waals surface area contributed by atoms with Gasteiger partial charge >= 0.3 is 5.97 Å². The molecule has 6 nitrogen and oxygen atoms in total. The maximum Gasteiger partial charge on any atom is 0.330 e. The first-order valence-corrected chi connectivity index (χ1v) is 10.1. The molecular weight excluding hydrogens is 398 g/mol. The molecule has 2 fully saturated rings. The average Bonchev–Trinajstić information content (AvgIpc) is 3.10. The van der Waals surface area contributed by atoms with Gasteiger partial charge in [0.05, 0.1) is 4.87 Å². The highest BCUT2D eigenvalue weighted by Crippen LogP contribution is 2.47. The van der Waals surface area contributed by atoms with E-state index in [0.717, 1.165) is 0 Å². The average molecular weight is 416 g/mol. The number of hydrogen-bond donors (Lipinski definition) is 1. The molecule has 2 amide bonds. The van der Waals surface area contributed by atoms with Gasteiger partial charge in [0, 0.05) is 22.8 Å². The van der Waals surface area contributed by atoms with E-state index in [9.17, 15) is 23.2 Å². The van der Waals surface area contributed by atoms with Crippen LogP contribution in [-0.2, 0) is 19.1 Å². The summed E-state index contributed by atoms with van der Waals surface area (Å²) in [7, 11) is 0. The van der Waals surface area contributed by atoms with Crippen LogP contribution in [0.5, 0.6) is 0 Å². The van der Waals surface area contributed by atoms with Crippen molar-refractivity contribution >= 4 is 47.0 Å². The van der Waals surface area contributed by atoms with Crippen molar-refractivity contribution in [2.24, 2.45) is 0 Å². The van der Waals surface area contributed by atoms with Gasteiger partial charge in [-0.1, -0.05) is 11.8 Å². The molecule has 1 aromatic carbocycles. The second-order valence-corrected chi connectivity index (χ2v) is 8.89. The lowest BCUT2D eigenvalue weighted by molar-refractivity contribution is -0.155. The maximum atomic E-state index is 12.3. The zero-order valence-electron chi connectivity index (χ0n) is 14.4. The lowest BCUT2D eigenvalue weighted by Crippen LogP contribution is -2.47. The topological polar surface area (TPSA) is 75.7 Å². The third-order valence-corrected chi connectivity index (χ3v) is 6.65. The highest BCUT2D eigenvalue weighted by Gasteiger charge is 2.53. The van der Waals surface area contributed by atoms with Crippen LogP contribution in [0.1, 0.15) is 19.8 Å². The van der Waals surface area contributed by atoms with Gasteiger partial charge in [-0.2, -0.15) is 8.78 Å². The SMILES string of the molecule is C[C@@]12CCC(=O)N1[C@@H](C(=O)OCC(=O)Nc1ccc(SC(F)F)cc1)CS2. The number of thioether (sulfide) groups is 2. The number of alkyl halides is 2. The Labute approximate surface area is 163 Å². The molecule has 3 rings (SSSR count). The summed E-state index contributed by atoms with van der Waals surface area (Å²) in [5, 5.41) is 2.53. The molecule has 0 aromatic heterocycles. The number of carbonyl (C=O) groups excluding carboxylic acids is 3. The Morgan fingerprint density at radius 2 is 2.11 bits per heavy atom. The van der Waals surface area contributed by atoms with Crippen molar-refractivity contribution in [1.29, 1.82) is 0 Å². The number of hydrogen-bond acceptors (Lipinski definition) is 6. The van der Waals surface area contributed by atoms with Crippen LogP contribution in [0.3, 0.4) is 0 Å². The van der Waals surface area contributed by atoms with Gasteiger partial charge < -0.3 is 15.0 Å². The number of rotatable bonds is 6. The predicted octanol–water partition coefficient (Wildman–Crippen LogP) is 2.94. The summed E-state index contributed by atoms with van der Waals surface area (Å²) in [5.74, 6) is -3.27. The number of nitrogens with zero attached hydrogens (tertiary/aromatic N) is 1. The van der Waals surface area contributed by atoms with Crippen LogP contribution in [0, 0.1) is 0 Å². The molecule has 0 bridgehead atoms. The summed E-state index contributed by atoms with van der Waals surface area (Å²) in [6.07, 6.45) is 1.11. The molecular formula is C17H18F2N2O4S2. The van der Waals surface area contributed by atoms with Gasteiger partial charge in [0.15, 0.2) is 6.61 Å². The fourth-order valence-electron chi connectivity index (χ4n) is 3.14. The van der Waals surface area contributed by atoms with E-state index in [1.807, 2.05) is 6.92 Å². The molecule has 0 aliphatic carbocycles. The normalized spacial score (nSPS) is 24.2. The molecule has 2 aliphatic heterocycles. The fraction of sp³-hybridized carbons (Fsp3) is 0.471. The summed E-state index contributed by atoms with van der Waals surface area (Å²) < 4.78 is 29.6. The van der Waals surface area contributed by atoms with Crippen LogP contribution < -0.4 is 5.32 Å². The molecule has 0 unspecified atom stereocenters. The summed E-state index contributed by atoms with van der Waals surface area (Å²) in [4.78, 5) is 37.8. The van der Waals surface area contributed by atoms with E-state index in [4.69, 9.17) is 4.74 Å². The third kappa shape index (κ3) is 4.55. The monoisotopic (exact) mass is 416 g/mol. The molecule has 1 N–H and O–H groups in total. The summed E-state index contributed by atoms with van der Waals surface area (Å²) >= 11 is 1.96. The number of ether oxygens (including phenoxy) is 1. The minimum Gasteiger partial charge on any atom is -0.454 e. The van der Waals surface area contributed by atoms with Gasteiger partial charge in [0.1, 0.15) is 6.04 Å². The highest BCUT2D eigenvalue weighted by molar-refractivity contribution is 8.01. The van der Waals surface area contributed by atoms with Crippen LogP contribution in [0.2, 0.25) is 0 Å². The van der Waals surface area contributed by atoms with Crippen molar-refractivity contribution in [3.05, 3.63) is 24.3 Å². The van der Waals surface area contributed by atoms with E-state index in [-0.39, 0.29) is 10.8 Å². The van der Waals surface area contributed by atoms with Gasteiger partial charge in [-0.15, -0.1) is 11.8 Å². The quantitative estimate of drug-likeness (QED) is 0.568. The van der Waals surface area contributed by atoms with Crippen LogP contribution >= 0.6 is 23.5 Å². The Morgan fingerprint density at radius 1 is 1.41 bits per heavy atom. The van der Waals surface area contributed by atoms with Crippen molar-refractivity contribution < 1.29 is 27.9 Å². The lowest BCUT2D eigenvalue weighted by Gasteiger charge is -2.29. The second-order valence-electron chi connectivity index (χ2n) is 6.32. The van der Waals surface area contributed by atoms with E-state index in [1.54, 1.807) is 16.7 Å². The molecule has 146 valence electrons. The number of amides is 2. The molecule has 2 heterocycles. The first-order valence-electron chi connectivity index (χ1n) is 8.26. The highest BCUT2D eigenvalue weighted by atomic mass is 32.2. The Kier molecular flexibility index (Phi) is 5.95. The third-order valence-electron chi connectivity index (χ3n) is 4.43. The van der Waals surface area contributed by atoms with E-state index in [1.165, 1.54) is 24.3 Å². The number of halogens is 2. The van der Waals surface area contributed by atoms with Crippen molar-refractivity contribution in [3.8, 4) is 0 Å². The summed E-state index contributed by atoms with van der Waals surface area (Å²) in [5.41, 5.74) is 0.411. The molecule has 27 heavy (non-hydrogen) atoms. The van der Waals surface area contributed by atoms with Crippen LogP contribution in [-0.4, -0.2) is 51.7 Å². The van der Waals surface area contributed by atoms with Gasteiger partial charge in [0.2, 0.25) is 5.91 Å². The number of anilines is 1. The first kappa shape index (κ1) is 19.9. The second kappa shape index (κ2) is 8.05. The van der Waals surface area contributed by atoms with Crippen LogP contribution in [0.15, 0.2) is 29.2 Å². The minimum absolute atomic E-state index is 0.0735. The van der Waals surface area contributed by atoms with E-state index < -0.39 is 30.3 Å². The molecule has 10 heteroatoms. The van der Waals surface area contributed by atoms with Gasteiger partial charge in [-0.25, -0.2) is 4.79 Å². The van der Waals surface area contributed by atoms with Crippen molar-refractivity contribution in [2.75, 3.05) is 17.7 Å². The Morgan fingerprint density at radius 3 is 2.78 bits per heavy atom. The number of nitrogens with one attached hydrogen (secondary N) is 1. The Balaban J connectivity index is 1.49. The predicted molar refractivity (Wildman–Crippen MR) is 98.6 cm³/mol. The Bertz CT molecular complexity index is 747. The van der Waals surface area contributed by atoms with Gasteiger partial charge in [-0.05, 0) is 37.6 Å². The molecule has 2 atom stereocenters. The smallest absolute Gasteiger partial charge is 0.330 e. The first-order chi connectivity index (χ1) is 12.8. The molecule has 1 aromatic rings. The fourth-order valence-corrected chi connectivity index (χ4v) is 5.06. The number of esters is 1. The number of benzene rings is 1. The zero-order valence-corrected chi connectivity index (χ0v) is 16.1. The summed E-state index contributed by atoms with van der Waals surface area (Å²) in [6, 6.07) is 5.24. The summed E-state index contributed by atoms with van der Waals surface area (Å²) in [6.45, 7) is 1.45. The molecule has 0 spiro atoms. The standard InChI is InChI=1S/C17H18F2N2O4S2/c1-17-7-6-14(23)21(17)12(9-26-17)15(24)25-8-13(22)20-10-2-4-11(5-3-10)27-16(18)19/h2-5,12,16H,6-9H2,1H3,(H,20,22)/t12-,17-/m1/s1. The van der Waals surface area contributed by atoms with Crippen molar-refractivity contribution in [2.45, 2.75) is 41.3 Å². The molecule has 2 aliphatic rings. The van der Waals surface area contributed by atoms with Crippen molar-refractivity contribution in [3.63, 3.8) is 0 Å². The number of carbonyl (C=O) groups is 3. The molecule has 2 saturated heterocycles. The van der Waals surface area contributed by atoms with E-state index >= 15 is 0 Å². The van der Waals surface area contributed by atoms with Crippen LogP contribution in [0.25, 0.3) is 0 Å². The lowest BCUT2D eigenvalue weighted by atomic mass is 10.2. The van der Waals surface area contributed by atoms with E-state index in [2.05, 4.69) is 5.32 Å². The maximum absolute atomic E-state index is 12.3. The molecule has 0 saturated carbocycles. The minimum atomic E-state index is -2.51.